The Balaban J connectivity index is 3.71. The molecule has 0 spiro atoms. The summed E-state index contributed by atoms with van der Waals surface area (Å²) in [6, 6.07) is 0. The van der Waals surface area contributed by atoms with E-state index in [9.17, 15) is 9.18 Å². The van der Waals surface area contributed by atoms with Gasteiger partial charge in [-0.25, -0.2) is 4.39 Å². The molecule has 0 aliphatic heterocycles. The Hall–Kier alpha value is -0.600. The Labute approximate surface area is 61.0 Å². The van der Waals surface area contributed by atoms with E-state index in [2.05, 4.69) is 0 Å². The van der Waals surface area contributed by atoms with Gasteiger partial charge in [0.1, 0.15) is 6.67 Å². The van der Waals surface area contributed by atoms with E-state index in [0.717, 1.165) is 0 Å². The first kappa shape index (κ1) is 9.40. The number of carbonyl (C=O) groups is 1. The highest BCUT2D eigenvalue weighted by molar-refractivity contribution is 5.77. The van der Waals surface area contributed by atoms with Crippen molar-refractivity contribution < 1.29 is 9.18 Å². The van der Waals surface area contributed by atoms with Gasteiger partial charge in [0.25, 0.3) is 0 Å². The molecule has 1 amide bonds. The highest BCUT2D eigenvalue weighted by Gasteiger charge is 2.11. The number of halogens is 1. The summed E-state index contributed by atoms with van der Waals surface area (Å²) in [6.45, 7) is 3.35. The molecule has 0 aliphatic rings. The van der Waals surface area contributed by atoms with Crippen LogP contribution >= 0.6 is 0 Å². The molecular weight excluding hydrogens is 133 g/mol. The molecule has 0 aromatic carbocycles. The highest BCUT2D eigenvalue weighted by atomic mass is 19.1. The molecule has 0 aliphatic carbocycles. The Kier molecular flexibility index (Phi) is 4.00. The lowest BCUT2D eigenvalue weighted by Gasteiger charge is -2.16. The standard InChI is InChI=1S/C7H14FNO/c1-6(2)7(10)9(3)5-4-8/h6H,4-5H2,1-3H3. The van der Waals surface area contributed by atoms with Crippen molar-refractivity contribution in [1.82, 2.24) is 4.90 Å². The van der Waals surface area contributed by atoms with Gasteiger partial charge in [-0.05, 0) is 0 Å². The quantitative estimate of drug-likeness (QED) is 0.584. The summed E-state index contributed by atoms with van der Waals surface area (Å²) < 4.78 is 11.7. The smallest absolute Gasteiger partial charge is 0.224 e. The average molecular weight is 147 g/mol. The third-order valence-corrected chi connectivity index (χ3v) is 1.29. The molecule has 0 rings (SSSR count). The molecule has 0 N–H and O–H groups in total. The first-order valence-corrected chi connectivity index (χ1v) is 3.40. The summed E-state index contributed by atoms with van der Waals surface area (Å²) in [6.07, 6.45) is 0. The van der Waals surface area contributed by atoms with Gasteiger partial charge in [-0.2, -0.15) is 0 Å². The summed E-state index contributed by atoms with van der Waals surface area (Å²) in [5.74, 6) is -0.0331. The fourth-order valence-electron chi connectivity index (χ4n) is 0.678. The van der Waals surface area contributed by atoms with Gasteiger partial charge in [-0.3, -0.25) is 4.79 Å². The van der Waals surface area contributed by atoms with Gasteiger partial charge in [0.05, 0.1) is 0 Å². The number of hydrogen-bond acceptors (Lipinski definition) is 1. The number of nitrogens with zero attached hydrogens (tertiary/aromatic N) is 1. The van der Waals surface area contributed by atoms with E-state index in [1.54, 1.807) is 20.9 Å². The van der Waals surface area contributed by atoms with Crippen molar-refractivity contribution in [2.75, 3.05) is 20.3 Å². The Morgan fingerprint density at radius 3 is 2.40 bits per heavy atom. The second-order valence-corrected chi connectivity index (χ2v) is 2.60. The van der Waals surface area contributed by atoms with E-state index in [4.69, 9.17) is 0 Å². The van der Waals surface area contributed by atoms with Crippen LogP contribution in [-0.2, 0) is 4.79 Å². The molecule has 0 saturated carbocycles. The molecule has 0 aromatic heterocycles. The maximum atomic E-state index is 11.7. The second kappa shape index (κ2) is 4.25. The summed E-state index contributed by atoms with van der Waals surface area (Å²) in [7, 11) is 1.61. The molecule has 60 valence electrons. The van der Waals surface area contributed by atoms with Crippen molar-refractivity contribution in [2.45, 2.75) is 13.8 Å². The largest absolute Gasteiger partial charge is 0.343 e. The van der Waals surface area contributed by atoms with E-state index in [-0.39, 0.29) is 18.4 Å². The maximum Gasteiger partial charge on any atom is 0.224 e. The molecule has 0 saturated heterocycles. The van der Waals surface area contributed by atoms with Crippen LogP contribution in [0.15, 0.2) is 0 Å². The van der Waals surface area contributed by atoms with Crippen molar-refractivity contribution in [2.24, 2.45) is 5.92 Å². The van der Waals surface area contributed by atoms with Gasteiger partial charge in [0.2, 0.25) is 5.91 Å². The molecule has 0 heterocycles. The van der Waals surface area contributed by atoms with E-state index in [0.29, 0.717) is 0 Å². The summed E-state index contributed by atoms with van der Waals surface area (Å²) in [5.41, 5.74) is 0. The van der Waals surface area contributed by atoms with E-state index in [1.807, 2.05) is 0 Å². The Morgan fingerprint density at radius 1 is 1.60 bits per heavy atom. The number of hydrogen-bond donors (Lipinski definition) is 0. The number of carbonyl (C=O) groups excluding carboxylic acids is 1. The molecule has 0 atom stereocenters. The fraction of sp³-hybridized carbons (Fsp3) is 0.857. The minimum absolute atomic E-state index is 0.00218. The van der Waals surface area contributed by atoms with E-state index in [1.165, 1.54) is 4.90 Å². The average Bonchev–Trinajstić information content (AvgIpc) is 1.87. The van der Waals surface area contributed by atoms with Crippen LogP contribution in [0.1, 0.15) is 13.8 Å². The topological polar surface area (TPSA) is 20.3 Å². The lowest BCUT2D eigenvalue weighted by Crippen LogP contribution is -2.32. The van der Waals surface area contributed by atoms with Crippen molar-refractivity contribution in [3.05, 3.63) is 0 Å². The van der Waals surface area contributed by atoms with Crippen LogP contribution in [0.5, 0.6) is 0 Å². The SMILES string of the molecule is CC(C)C(=O)N(C)CCF. The van der Waals surface area contributed by atoms with Crippen LogP contribution < -0.4 is 0 Å². The number of alkyl halides is 1. The first-order chi connectivity index (χ1) is 4.59. The molecule has 0 unspecified atom stereocenters. The van der Waals surface area contributed by atoms with Crippen LogP contribution in [0.2, 0.25) is 0 Å². The van der Waals surface area contributed by atoms with Crippen LogP contribution in [-0.4, -0.2) is 31.1 Å². The van der Waals surface area contributed by atoms with Crippen molar-refractivity contribution in [1.29, 1.82) is 0 Å². The summed E-state index contributed by atoms with van der Waals surface area (Å²) in [5, 5.41) is 0. The summed E-state index contributed by atoms with van der Waals surface area (Å²) in [4.78, 5) is 12.4. The van der Waals surface area contributed by atoms with Crippen LogP contribution in [0.25, 0.3) is 0 Å². The third-order valence-electron chi connectivity index (χ3n) is 1.29. The maximum absolute atomic E-state index is 11.7. The van der Waals surface area contributed by atoms with Crippen LogP contribution in [0, 0.1) is 5.92 Å². The van der Waals surface area contributed by atoms with Gasteiger partial charge in [-0.1, -0.05) is 13.8 Å². The Bertz CT molecular complexity index is 114. The lowest BCUT2D eigenvalue weighted by atomic mass is 10.2. The lowest BCUT2D eigenvalue weighted by molar-refractivity contribution is -0.133. The normalized spacial score (nSPS) is 10.1. The number of rotatable bonds is 3. The second-order valence-electron chi connectivity index (χ2n) is 2.60. The third kappa shape index (κ3) is 2.80. The summed E-state index contributed by atoms with van der Waals surface area (Å²) >= 11 is 0. The van der Waals surface area contributed by atoms with Gasteiger partial charge in [0.15, 0.2) is 0 Å². The minimum atomic E-state index is -0.463. The predicted molar refractivity (Wildman–Crippen MR) is 38.5 cm³/mol. The van der Waals surface area contributed by atoms with Crippen molar-refractivity contribution in [3.8, 4) is 0 Å². The Morgan fingerprint density at radius 2 is 2.10 bits per heavy atom. The minimum Gasteiger partial charge on any atom is -0.343 e. The molecule has 0 fully saturated rings. The van der Waals surface area contributed by atoms with Crippen LogP contribution in [0.3, 0.4) is 0 Å². The zero-order chi connectivity index (χ0) is 8.15. The molecule has 0 bridgehead atoms. The van der Waals surface area contributed by atoms with Gasteiger partial charge in [0, 0.05) is 19.5 Å². The van der Waals surface area contributed by atoms with E-state index >= 15 is 0 Å². The molecule has 0 aromatic rings. The van der Waals surface area contributed by atoms with Crippen molar-refractivity contribution in [3.63, 3.8) is 0 Å². The van der Waals surface area contributed by atoms with Gasteiger partial charge >= 0.3 is 0 Å². The monoisotopic (exact) mass is 147 g/mol. The fourth-order valence-corrected chi connectivity index (χ4v) is 0.678. The van der Waals surface area contributed by atoms with Gasteiger partial charge in [-0.15, -0.1) is 0 Å². The molecular formula is C7H14FNO. The molecule has 2 nitrogen and oxygen atoms in total. The van der Waals surface area contributed by atoms with Crippen molar-refractivity contribution >= 4 is 5.91 Å². The highest BCUT2D eigenvalue weighted by Crippen LogP contribution is 1.97. The number of amides is 1. The predicted octanol–water partition coefficient (Wildman–Crippen LogP) is 1.07. The zero-order valence-corrected chi connectivity index (χ0v) is 6.72. The van der Waals surface area contributed by atoms with Crippen LogP contribution in [0.4, 0.5) is 4.39 Å². The van der Waals surface area contributed by atoms with Gasteiger partial charge < -0.3 is 4.90 Å². The first-order valence-electron chi connectivity index (χ1n) is 3.40. The molecule has 3 heteroatoms. The molecule has 0 radical (unpaired) electrons. The van der Waals surface area contributed by atoms with E-state index < -0.39 is 6.67 Å². The molecule has 10 heavy (non-hydrogen) atoms. The zero-order valence-electron chi connectivity index (χ0n) is 6.72.